The van der Waals surface area contributed by atoms with Crippen LogP contribution in [0.4, 0.5) is 10.7 Å². The van der Waals surface area contributed by atoms with Crippen molar-refractivity contribution in [2.45, 2.75) is 6.92 Å². The molecular formula is C13H11ClN2O2S. The highest BCUT2D eigenvalue weighted by molar-refractivity contribution is 7.20. The van der Waals surface area contributed by atoms with E-state index in [2.05, 4.69) is 10.6 Å². The average Bonchev–Trinajstić information content (AvgIpc) is 2.74. The lowest BCUT2D eigenvalue weighted by Crippen LogP contribution is -2.15. The zero-order valence-corrected chi connectivity index (χ0v) is 11.6. The Labute approximate surface area is 119 Å². The lowest BCUT2D eigenvalue weighted by atomic mass is 10.1. The van der Waals surface area contributed by atoms with E-state index in [1.165, 1.54) is 18.3 Å². The molecule has 0 saturated carbocycles. The number of para-hydroxylation sites is 1. The Morgan fingerprint density at radius 1 is 1.11 bits per heavy atom. The fourth-order valence-electron chi connectivity index (χ4n) is 1.54. The first-order valence-electron chi connectivity index (χ1n) is 5.49. The van der Waals surface area contributed by atoms with Gasteiger partial charge in [-0.3, -0.25) is 9.59 Å². The third-order valence-corrected chi connectivity index (χ3v) is 3.44. The largest absolute Gasteiger partial charge is 0.326 e. The summed E-state index contributed by atoms with van der Waals surface area (Å²) >= 11 is 7.08. The number of carbonyl (C=O) groups excluding carboxylic acids is 2. The van der Waals surface area contributed by atoms with Crippen LogP contribution in [0.15, 0.2) is 36.4 Å². The second-order valence-electron chi connectivity index (χ2n) is 3.78. The van der Waals surface area contributed by atoms with Crippen molar-refractivity contribution in [3.63, 3.8) is 0 Å². The molecule has 98 valence electrons. The van der Waals surface area contributed by atoms with E-state index in [4.69, 9.17) is 11.6 Å². The summed E-state index contributed by atoms with van der Waals surface area (Å²) in [7, 11) is 0. The molecule has 2 amide bonds. The molecule has 19 heavy (non-hydrogen) atoms. The van der Waals surface area contributed by atoms with Crippen molar-refractivity contribution in [3.8, 4) is 0 Å². The fraction of sp³-hybridized carbons (Fsp3) is 0.0769. The molecular weight excluding hydrogens is 284 g/mol. The molecule has 0 saturated heterocycles. The zero-order chi connectivity index (χ0) is 13.8. The lowest BCUT2D eigenvalue weighted by Gasteiger charge is -2.09. The van der Waals surface area contributed by atoms with Crippen molar-refractivity contribution in [3.05, 3.63) is 46.3 Å². The maximum absolute atomic E-state index is 12.1. The lowest BCUT2D eigenvalue weighted by molar-refractivity contribution is -0.114. The Hall–Kier alpha value is -1.85. The zero-order valence-electron chi connectivity index (χ0n) is 10.1. The average molecular weight is 295 g/mol. The molecule has 0 atom stereocenters. The van der Waals surface area contributed by atoms with E-state index in [0.717, 1.165) is 0 Å². The van der Waals surface area contributed by atoms with Gasteiger partial charge < -0.3 is 10.6 Å². The summed E-state index contributed by atoms with van der Waals surface area (Å²) in [5.74, 6) is -0.512. The number of anilines is 2. The number of nitrogens with one attached hydrogen (secondary N) is 2. The molecule has 2 aromatic rings. The molecule has 0 unspecified atom stereocenters. The Balaban J connectivity index is 2.21. The van der Waals surface area contributed by atoms with Crippen LogP contribution in [-0.2, 0) is 4.79 Å². The normalized spacial score (nSPS) is 10.0. The van der Waals surface area contributed by atoms with Crippen LogP contribution in [0.3, 0.4) is 0 Å². The molecule has 0 bridgehead atoms. The molecule has 2 N–H and O–H groups in total. The molecule has 1 heterocycles. The van der Waals surface area contributed by atoms with E-state index in [0.29, 0.717) is 20.6 Å². The van der Waals surface area contributed by atoms with Gasteiger partial charge in [0.15, 0.2) is 0 Å². The van der Waals surface area contributed by atoms with Crippen LogP contribution in [0.2, 0.25) is 4.34 Å². The van der Waals surface area contributed by atoms with Crippen molar-refractivity contribution >= 4 is 45.4 Å². The van der Waals surface area contributed by atoms with Crippen LogP contribution in [-0.4, -0.2) is 11.8 Å². The molecule has 6 heteroatoms. The van der Waals surface area contributed by atoms with E-state index in [1.807, 2.05) is 0 Å². The number of hydrogen-bond donors (Lipinski definition) is 2. The quantitative estimate of drug-likeness (QED) is 0.908. The minimum Gasteiger partial charge on any atom is -0.326 e. The van der Waals surface area contributed by atoms with Crippen LogP contribution in [0.5, 0.6) is 0 Å². The number of halogens is 1. The standard InChI is InChI=1S/C13H11ClN2O2S/c1-8(17)15-10-5-3-2-4-9(10)13(18)16-12-7-6-11(14)19-12/h2-7H,1H3,(H,15,17)(H,16,18). The van der Waals surface area contributed by atoms with E-state index in [9.17, 15) is 9.59 Å². The Kier molecular flexibility index (Phi) is 4.19. The minimum atomic E-state index is -0.289. The first kappa shape index (κ1) is 13.6. The van der Waals surface area contributed by atoms with Gasteiger partial charge in [-0.1, -0.05) is 23.7 Å². The third kappa shape index (κ3) is 3.56. The predicted octanol–water partition coefficient (Wildman–Crippen LogP) is 3.61. The van der Waals surface area contributed by atoms with Gasteiger partial charge in [0.1, 0.15) is 0 Å². The summed E-state index contributed by atoms with van der Waals surface area (Å²) in [6, 6.07) is 10.3. The van der Waals surface area contributed by atoms with E-state index in [-0.39, 0.29) is 11.8 Å². The van der Waals surface area contributed by atoms with Crippen LogP contribution in [0.25, 0.3) is 0 Å². The summed E-state index contributed by atoms with van der Waals surface area (Å²) in [6.07, 6.45) is 0. The number of carbonyl (C=O) groups is 2. The van der Waals surface area contributed by atoms with Crippen molar-refractivity contribution in [2.75, 3.05) is 10.6 Å². The summed E-state index contributed by atoms with van der Waals surface area (Å²) in [4.78, 5) is 23.2. The summed E-state index contributed by atoms with van der Waals surface area (Å²) in [5.41, 5.74) is 0.886. The summed E-state index contributed by atoms with van der Waals surface area (Å²) in [6.45, 7) is 1.40. The highest BCUT2D eigenvalue weighted by Crippen LogP contribution is 2.27. The SMILES string of the molecule is CC(=O)Nc1ccccc1C(=O)Nc1ccc(Cl)s1. The van der Waals surface area contributed by atoms with Crippen LogP contribution in [0, 0.1) is 0 Å². The van der Waals surface area contributed by atoms with E-state index in [1.54, 1.807) is 36.4 Å². The van der Waals surface area contributed by atoms with E-state index >= 15 is 0 Å². The number of rotatable bonds is 3. The van der Waals surface area contributed by atoms with Gasteiger partial charge >= 0.3 is 0 Å². The predicted molar refractivity (Wildman–Crippen MR) is 78.0 cm³/mol. The molecule has 0 aliphatic heterocycles. The molecule has 1 aromatic heterocycles. The molecule has 4 nitrogen and oxygen atoms in total. The van der Waals surface area contributed by atoms with Gasteiger partial charge in [0.2, 0.25) is 5.91 Å². The molecule has 0 radical (unpaired) electrons. The smallest absolute Gasteiger partial charge is 0.258 e. The second kappa shape index (κ2) is 5.86. The van der Waals surface area contributed by atoms with Crippen LogP contribution < -0.4 is 10.6 Å². The van der Waals surface area contributed by atoms with Crippen LogP contribution in [0.1, 0.15) is 17.3 Å². The van der Waals surface area contributed by atoms with E-state index < -0.39 is 0 Å². The van der Waals surface area contributed by atoms with Crippen molar-refractivity contribution < 1.29 is 9.59 Å². The van der Waals surface area contributed by atoms with Gasteiger partial charge in [0.05, 0.1) is 20.6 Å². The summed E-state index contributed by atoms with van der Waals surface area (Å²) < 4.78 is 0.602. The first-order chi connectivity index (χ1) is 9.06. The highest BCUT2D eigenvalue weighted by atomic mass is 35.5. The Bertz CT molecular complexity index is 625. The van der Waals surface area contributed by atoms with Crippen molar-refractivity contribution in [1.29, 1.82) is 0 Å². The monoisotopic (exact) mass is 294 g/mol. The number of hydrogen-bond acceptors (Lipinski definition) is 3. The maximum Gasteiger partial charge on any atom is 0.258 e. The van der Waals surface area contributed by atoms with Gasteiger partial charge in [-0.15, -0.1) is 11.3 Å². The minimum absolute atomic E-state index is 0.223. The molecule has 1 aromatic carbocycles. The first-order valence-corrected chi connectivity index (χ1v) is 6.69. The Morgan fingerprint density at radius 3 is 2.47 bits per heavy atom. The molecule has 0 spiro atoms. The Morgan fingerprint density at radius 2 is 1.84 bits per heavy atom. The number of thiophene rings is 1. The maximum atomic E-state index is 12.1. The molecule has 2 rings (SSSR count). The van der Waals surface area contributed by atoms with Gasteiger partial charge in [0.25, 0.3) is 5.91 Å². The van der Waals surface area contributed by atoms with Crippen LogP contribution >= 0.6 is 22.9 Å². The van der Waals surface area contributed by atoms with Crippen molar-refractivity contribution in [1.82, 2.24) is 0 Å². The highest BCUT2D eigenvalue weighted by Gasteiger charge is 2.12. The van der Waals surface area contributed by atoms with Crippen molar-refractivity contribution in [2.24, 2.45) is 0 Å². The summed E-state index contributed by atoms with van der Waals surface area (Å²) in [5, 5.41) is 6.02. The van der Waals surface area contributed by atoms with Gasteiger partial charge in [-0.2, -0.15) is 0 Å². The van der Waals surface area contributed by atoms with Gasteiger partial charge in [-0.25, -0.2) is 0 Å². The fourth-order valence-corrected chi connectivity index (χ4v) is 2.48. The second-order valence-corrected chi connectivity index (χ2v) is 5.50. The topological polar surface area (TPSA) is 58.2 Å². The molecule has 0 aliphatic rings. The molecule has 0 fully saturated rings. The van der Waals surface area contributed by atoms with Gasteiger partial charge in [-0.05, 0) is 24.3 Å². The number of amides is 2. The number of benzene rings is 1. The van der Waals surface area contributed by atoms with Gasteiger partial charge in [0, 0.05) is 6.92 Å². The molecule has 0 aliphatic carbocycles. The third-order valence-electron chi connectivity index (χ3n) is 2.29.